The van der Waals surface area contributed by atoms with E-state index in [9.17, 15) is 4.79 Å². The van der Waals surface area contributed by atoms with Crippen LogP contribution in [0.25, 0.3) is 0 Å². The van der Waals surface area contributed by atoms with E-state index in [1.165, 1.54) is 37.4 Å². The SMILES string of the molecule is O=C(O)CSc1nnc(C2CC2)n1C1CC1. The number of hydrogen-bond donors (Lipinski definition) is 1. The summed E-state index contributed by atoms with van der Waals surface area (Å²) in [6.45, 7) is 0. The first kappa shape index (κ1) is 10.1. The summed E-state index contributed by atoms with van der Waals surface area (Å²) < 4.78 is 2.17. The lowest BCUT2D eigenvalue weighted by Gasteiger charge is -2.06. The summed E-state index contributed by atoms with van der Waals surface area (Å²) in [5, 5.41) is 17.8. The first-order valence-corrected chi connectivity index (χ1v) is 6.53. The second-order valence-corrected chi connectivity index (χ2v) is 5.34. The van der Waals surface area contributed by atoms with E-state index in [-0.39, 0.29) is 5.75 Å². The van der Waals surface area contributed by atoms with E-state index in [1.807, 2.05) is 0 Å². The summed E-state index contributed by atoms with van der Waals surface area (Å²) in [5.74, 6) is 0.918. The lowest BCUT2D eigenvalue weighted by atomic mass is 10.4. The van der Waals surface area contributed by atoms with Gasteiger partial charge in [0.1, 0.15) is 5.82 Å². The van der Waals surface area contributed by atoms with Crippen molar-refractivity contribution in [2.24, 2.45) is 0 Å². The normalized spacial score (nSPS) is 20.0. The van der Waals surface area contributed by atoms with Crippen LogP contribution in [-0.2, 0) is 4.79 Å². The highest BCUT2D eigenvalue weighted by atomic mass is 32.2. The third kappa shape index (κ3) is 1.93. The Bertz CT molecular complexity index is 424. The average Bonchev–Trinajstić information content (AvgIpc) is 3.13. The quantitative estimate of drug-likeness (QED) is 0.791. The predicted octanol–water partition coefficient (Wildman–Crippen LogP) is 1.67. The first-order chi connectivity index (χ1) is 7.75. The predicted molar refractivity (Wildman–Crippen MR) is 58.6 cm³/mol. The minimum atomic E-state index is -0.802. The molecule has 2 aliphatic carbocycles. The smallest absolute Gasteiger partial charge is 0.313 e. The summed E-state index contributed by atoms with van der Waals surface area (Å²) in [5.41, 5.74) is 0. The van der Waals surface area contributed by atoms with Crippen molar-refractivity contribution in [3.05, 3.63) is 5.82 Å². The van der Waals surface area contributed by atoms with Gasteiger partial charge in [-0.3, -0.25) is 4.79 Å². The zero-order chi connectivity index (χ0) is 11.1. The number of rotatable bonds is 5. The number of thioether (sulfide) groups is 1. The van der Waals surface area contributed by atoms with E-state index in [1.54, 1.807) is 0 Å². The second-order valence-electron chi connectivity index (χ2n) is 4.40. The van der Waals surface area contributed by atoms with E-state index in [0.29, 0.717) is 12.0 Å². The van der Waals surface area contributed by atoms with Crippen LogP contribution in [0.5, 0.6) is 0 Å². The number of aromatic nitrogens is 3. The Morgan fingerprint density at radius 1 is 1.38 bits per heavy atom. The zero-order valence-electron chi connectivity index (χ0n) is 8.80. The van der Waals surface area contributed by atoms with Gasteiger partial charge in [0.15, 0.2) is 5.16 Å². The molecule has 0 aromatic carbocycles. The second kappa shape index (κ2) is 3.76. The van der Waals surface area contributed by atoms with Crippen molar-refractivity contribution in [2.45, 2.75) is 42.8 Å². The lowest BCUT2D eigenvalue weighted by Crippen LogP contribution is -2.04. The van der Waals surface area contributed by atoms with E-state index in [4.69, 9.17) is 5.11 Å². The fourth-order valence-corrected chi connectivity index (χ4v) is 2.54. The maximum Gasteiger partial charge on any atom is 0.313 e. The van der Waals surface area contributed by atoms with Gasteiger partial charge in [-0.2, -0.15) is 0 Å². The van der Waals surface area contributed by atoms with Crippen LogP contribution in [0, 0.1) is 0 Å². The van der Waals surface area contributed by atoms with Gasteiger partial charge in [-0.1, -0.05) is 11.8 Å². The number of hydrogen-bond acceptors (Lipinski definition) is 4. The maximum atomic E-state index is 10.5. The Balaban J connectivity index is 1.82. The number of carboxylic acid groups (broad SMARTS) is 1. The number of carboxylic acids is 1. The summed E-state index contributed by atoms with van der Waals surface area (Å²) in [4.78, 5) is 10.5. The van der Waals surface area contributed by atoms with Crippen LogP contribution in [0.3, 0.4) is 0 Å². The number of nitrogens with zero attached hydrogens (tertiary/aromatic N) is 3. The molecule has 2 saturated carbocycles. The minimum Gasteiger partial charge on any atom is -0.481 e. The first-order valence-electron chi connectivity index (χ1n) is 5.55. The molecule has 5 nitrogen and oxygen atoms in total. The van der Waals surface area contributed by atoms with Crippen LogP contribution in [0.15, 0.2) is 5.16 Å². The molecule has 1 aromatic rings. The molecule has 0 unspecified atom stereocenters. The molecule has 16 heavy (non-hydrogen) atoms. The molecular weight excluding hydrogens is 226 g/mol. The fourth-order valence-electron chi connectivity index (χ4n) is 1.81. The van der Waals surface area contributed by atoms with Crippen LogP contribution in [0.4, 0.5) is 0 Å². The molecular formula is C10H13N3O2S. The van der Waals surface area contributed by atoms with Gasteiger partial charge in [0.25, 0.3) is 0 Å². The highest BCUT2D eigenvalue weighted by Crippen LogP contribution is 2.45. The molecule has 1 aromatic heterocycles. The highest BCUT2D eigenvalue weighted by molar-refractivity contribution is 7.99. The number of aliphatic carboxylic acids is 1. The molecule has 0 bridgehead atoms. The van der Waals surface area contributed by atoms with Gasteiger partial charge in [0, 0.05) is 12.0 Å². The van der Waals surface area contributed by atoms with Crippen molar-refractivity contribution >= 4 is 17.7 Å². The molecule has 0 amide bonds. The molecule has 1 heterocycles. The van der Waals surface area contributed by atoms with Crippen molar-refractivity contribution in [3.63, 3.8) is 0 Å². The van der Waals surface area contributed by atoms with Crippen molar-refractivity contribution in [1.29, 1.82) is 0 Å². The molecule has 3 rings (SSSR count). The summed E-state index contributed by atoms with van der Waals surface area (Å²) >= 11 is 1.28. The lowest BCUT2D eigenvalue weighted by molar-refractivity contribution is -0.133. The monoisotopic (exact) mass is 239 g/mol. The summed E-state index contributed by atoms with van der Waals surface area (Å²) in [6, 6.07) is 0.530. The topological polar surface area (TPSA) is 68.0 Å². The van der Waals surface area contributed by atoms with E-state index in [0.717, 1.165) is 11.0 Å². The van der Waals surface area contributed by atoms with Gasteiger partial charge in [-0.15, -0.1) is 10.2 Å². The zero-order valence-corrected chi connectivity index (χ0v) is 9.61. The van der Waals surface area contributed by atoms with Crippen molar-refractivity contribution in [1.82, 2.24) is 14.8 Å². The van der Waals surface area contributed by atoms with Crippen molar-refractivity contribution in [2.75, 3.05) is 5.75 Å². The molecule has 0 radical (unpaired) electrons. The molecule has 1 N–H and O–H groups in total. The Labute approximate surface area is 97.2 Å². The van der Waals surface area contributed by atoms with Gasteiger partial charge in [0.2, 0.25) is 0 Å². The summed E-state index contributed by atoms with van der Waals surface area (Å²) in [7, 11) is 0. The fraction of sp³-hybridized carbons (Fsp3) is 0.700. The summed E-state index contributed by atoms with van der Waals surface area (Å²) in [6.07, 6.45) is 4.76. The molecule has 2 aliphatic rings. The Kier molecular flexibility index (Phi) is 2.38. The highest BCUT2D eigenvalue weighted by Gasteiger charge is 2.36. The van der Waals surface area contributed by atoms with Gasteiger partial charge >= 0.3 is 5.97 Å². The van der Waals surface area contributed by atoms with Crippen molar-refractivity contribution in [3.8, 4) is 0 Å². The standard InChI is InChI=1S/C10H13N3O2S/c14-8(15)5-16-10-12-11-9(6-1-2-6)13(10)7-3-4-7/h6-7H,1-5H2,(H,14,15). The Morgan fingerprint density at radius 3 is 2.69 bits per heavy atom. The molecule has 6 heteroatoms. The van der Waals surface area contributed by atoms with Gasteiger partial charge in [-0.05, 0) is 25.7 Å². The van der Waals surface area contributed by atoms with Crippen LogP contribution < -0.4 is 0 Å². The average molecular weight is 239 g/mol. The third-order valence-corrected chi connectivity index (χ3v) is 3.80. The Morgan fingerprint density at radius 2 is 2.12 bits per heavy atom. The minimum absolute atomic E-state index is 0.0650. The van der Waals surface area contributed by atoms with Crippen LogP contribution >= 0.6 is 11.8 Å². The van der Waals surface area contributed by atoms with Gasteiger partial charge < -0.3 is 9.67 Å². The maximum absolute atomic E-state index is 10.5. The molecule has 2 fully saturated rings. The van der Waals surface area contributed by atoms with Crippen molar-refractivity contribution < 1.29 is 9.90 Å². The van der Waals surface area contributed by atoms with E-state index in [2.05, 4.69) is 14.8 Å². The largest absolute Gasteiger partial charge is 0.481 e. The molecule has 0 aliphatic heterocycles. The van der Waals surface area contributed by atoms with E-state index >= 15 is 0 Å². The van der Waals surface area contributed by atoms with Gasteiger partial charge in [-0.25, -0.2) is 0 Å². The third-order valence-electron chi connectivity index (χ3n) is 2.87. The molecule has 0 atom stereocenters. The van der Waals surface area contributed by atoms with Crippen LogP contribution in [-0.4, -0.2) is 31.6 Å². The Hall–Kier alpha value is -1.04. The van der Waals surface area contributed by atoms with Crippen LogP contribution in [0.1, 0.15) is 43.5 Å². The molecule has 0 spiro atoms. The van der Waals surface area contributed by atoms with Crippen LogP contribution in [0.2, 0.25) is 0 Å². The molecule has 0 saturated heterocycles. The molecule has 86 valence electrons. The number of carbonyl (C=O) groups is 1. The van der Waals surface area contributed by atoms with Gasteiger partial charge in [0.05, 0.1) is 5.75 Å². The van der Waals surface area contributed by atoms with E-state index < -0.39 is 5.97 Å².